The molecule has 4 rings (SSSR count). The average Bonchev–Trinajstić information content (AvgIpc) is 3.09. The minimum Gasteiger partial charge on any atom is -0.482 e. The zero-order valence-electron chi connectivity index (χ0n) is 16.1. The van der Waals surface area contributed by atoms with E-state index in [1.165, 1.54) is 36.4 Å². The van der Waals surface area contributed by atoms with E-state index >= 15 is 0 Å². The standard InChI is InChI=1S/C24H16ClFO5/c25-19-7-4-8-20(26)18(19)12-22-24(28)17-10-9-16(11-21(17)31-22)29-14-23(27)30-13-15-5-2-1-3-6-15/h1-12H,13-14H2/b22-12-. The molecule has 0 saturated heterocycles. The molecule has 0 amide bonds. The summed E-state index contributed by atoms with van der Waals surface area (Å²) in [7, 11) is 0. The third-order valence-electron chi connectivity index (χ3n) is 4.52. The molecular weight excluding hydrogens is 423 g/mol. The fourth-order valence-corrected chi connectivity index (χ4v) is 3.18. The van der Waals surface area contributed by atoms with Gasteiger partial charge in [-0.05, 0) is 35.9 Å². The molecule has 0 saturated carbocycles. The van der Waals surface area contributed by atoms with E-state index in [0.717, 1.165) is 5.56 Å². The Morgan fingerprint density at radius 3 is 2.65 bits per heavy atom. The smallest absolute Gasteiger partial charge is 0.344 e. The highest BCUT2D eigenvalue weighted by atomic mass is 35.5. The summed E-state index contributed by atoms with van der Waals surface area (Å²) in [4.78, 5) is 24.5. The first-order valence-corrected chi connectivity index (χ1v) is 9.74. The van der Waals surface area contributed by atoms with Crippen LogP contribution in [-0.4, -0.2) is 18.4 Å². The number of carbonyl (C=O) groups is 2. The van der Waals surface area contributed by atoms with Crippen LogP contribution in [0.1, 0.15) is 21.5 Å². The fourth-order valence-electron chi connectivity index (χ4n) is 2.96. The Morgan fingerprint density at radius 2 is 1.87 bits per heavy atom. The average molecular weight is 439 g/mol. The van der Waals surface area contributed by atoms with Crippen LogP contribution in [0.2, 0.25) is 5.02 Å². The molecular formula is C24H16ClFO5. The van der Waals surface area contributed by atoms with Crippen molar-refractivity contribution in [3.63, 3.8) is 0 Å². The maximum absolute atomic E-state index is 14.0. The third-order valence-corrected chi connectivity index (χ3v) is 4.85. The van der Waals surface area contributed by atoms with Crippen LogP contribution >= 0.6 is 11.6 Å². The van der Waals surface area contributed by atoms with E-state index in [1.54, 1.807) is 6.07 Å². The second kappa shape index (κ2) is 9.02. The van der Waals surface area contributed by atoms with Crippen molar-refractivity contribution in [2.24, 2.45) is 0 Å². The molecule has 7 heteroatoms. The first-order valence-electron chi connectivity index (χ1n) is 9.36. The van der Waals surface area contributed by atoms with E-state index in [1.807, 2.05) is 30.3 Å². The van der Waals surface area contributed by atoms with Gasteiger partial charge in [-0.1, -0.05) is 48.0 Å². The Bertz CT molecular complexity index is 1150. The van der Waals surface area contributed by atoms with Gasteiger partial charge in [0.05, 0.1) is 10.6 Å². The van der Waals surface area contributed by atoms with Gasteiger partial charge in [-0.3, -0.25) is 4.79 Å². The van der Waals surface area contributed by atoms with Crippen molar-refractivity contribution in [2.75, 3.05) is 6.61 Å². The largest absolute Gasteiger partial charge is 0.482 e. The van der Waals surface area contributed by atoms with Gasteiger partial charge in [-0.15, -0.1) is 0 Å². The molecule has 3 aromatic rings. The van der Waals surface area contributed by atoms with E-state index in [0.29, 0.717) is 11.3 Å². The third kappa shape index (κ3) is 4.75. The second-order valence-corrected chi connectivity index (χ2v) is 7.08. The number of ether oxygens (including phenoxy) is 3. The van der Waals surface area contributed by atoms with Gasteiger partial charge in [0.2, 0.25) is 5.78 Å². The summed E-state index contributed by atoms with van der Waals surface area (Å²) in [5.74, 6) is -0.974. The number of ketones is 1. The summed E-state index contributed by atoms with van der Waals surface area (Å²) < 4.78 is 30.2. The molecule has 0 bridgehead atoms. The summed E-state index contributed by atoms with van der Waals surface area (Å²) in [6.07, 6.45) is 1.27. The summed E-state index contributed by atoms with van der Waals surface area (Å²) in [6.45, 7) is -0.148. The molecule has 0 fully saturated rings. The van der Waals surface area contributed by atoms with Crippen LogP contribution in [0.4, 0.5) is 4.39 Å². The van der Waals surface area contributed by atoms with Gasteiger partial charge in [-0.2, -0.15) is 0 Å². The number of esters is 1. The molecule has 0 unspecified atom stereocenters. The van der Waals surface area contributed by atoms with Crippen molar-refractivity contribution in [3.05, 3.63) is 100 Å². The lowest BCUT2D eigenvalue weighted by atomic mass is 10.1. The zero-order valence-corrected chi connectivity index (χ0v) is 16.9. The van der Waals surface area contributed by atoms with Crippen LogP contribution in [0.5, 0.6) is 11.5 Å². The summed E-state index contributed by atoms with van der Waals surface area (Å²) in [5, 5.41) is 0.165. The minimum atomic E-state index is -0.564. The zero-order chi connectivity index (χ0) is 21.8. The Morgan fingerprint density at radius 1 is 1.06 bits per heavy atom. The predicted molar refractivity (Wildman–Crippen MR) is 113 cm³/mol. The lowest BCUT2D eigenvalue weighted by Gasteiger charge is -2.08. The van der Waals surface area contributed by atoms with Gasteiger partial charge < -0.3 is 14.2 Å². The van der Waals surface area contributed by atoms with Gasteiger partial charge in [0.15, 0.2) is 12.4 Å². The van der Waals surface area contributed by atoms with Crippen molar-refractivity contribution >= 4 is 29.4 Å². The Balaban J connectivity index is 1.40. The molecule has 0 N–H and O–H groups in total. The molecule has 3 aromatic carbocycles. The molecule has 0 aromatic heterocycles. The Kier molecular flexibility index (Phi) is 6.00. The molecule has 5 nitrogen and oxygen atoms in total. The van der Waals surface area contributed by atoms with Crippen LogP contribution in [-0.2, 0) is 16.1 Å². The fraction of sp³-hybridized carbons (Fsp3) is 0.0833. The summed E-state index contributed by atoms with van der Waals surface area (Å²) >= 11 is 6.01. The molecule has 0 radical (unpaired) electrons. The SMILES string of the molecule is O=C(COc1ccc2c(c1)O/C(=C\c1c(F)cccc1Cl)C2=O)OCc1ccccc1. The molecule has 0 spiro atoms. The van der Waals surface area contributed by atoms with E-state index in [-0.39, 0.29) is 35.3 Å². The van der Waals surface area contributed by atoms with E-state index in [4.69, 9.17) is 25.8 Å². The van der Waals surface area contributed by atoms with Crippen molar-refractivity contribution in [3.8, 4) is 11.5 Å². The predicted octanol–water partition coefficient (Wildman–Crippen LogP) is 5.22. The van der Waals surface area contributed by atoms with Crippen LogP contribution < -0.4 is 9.47 Å². The molecule has 0 aliphatic carbocycles. The monoisotopic (exact) mass is 438 g/mol. The number of benzene rings is 3. The number of Topliss-reactive ketones (excluding diaryl/α,β-unsaturated/α-hetero) is 1. The Labute approximate surface area is 182 Å². The molecule has 156 valence electrons. The molecule has 31 heavy (non-hydrogen) atoms. The van der Waals surface area contributed by atoms with E-state index in [9.17, 15) is 14.0 Å². The van der Waals surface area contributed by atoms with Crippen LogP contribution in [0.25, 0.3) is 6.08 Å². The van der Waals surface area contributed by atoms with Crippen LogP contribution in [0, 0.1) is 5.82 Å². The second-order valence-electron chi connectivity index (χ2n) is 6.67. The minimum absolute atomic E-state index is 0.0542. The van der Waals surface area contributed by atoms with Gasteiger partial charge in [-0.25, -0.2) is 9.18 Å². The maximum atomic E-state index is 14.0. The number of allylic oxidation sites excluding steroid dienone is 1. The number of hydrogen-bond acceptors (Lipinski definition) is 5. The number of hydrogen-bond donors (Lipinski definition) is 0. The number of halogens is 2. The highest BCUT2D eigenvalue weighted by Gasteiger charge is 2.28. The lowest BCUT2D eigenvalue weighted by molar-refractivity contribution is -0.147. The lowest BCUT2D eigenvalue weighted by Crippen LogP contribution is -2.14. The highest BCUT2D eigenvalue weighted by molar-refractivity contribution is 6.32. The summed E-state index contributed by atoms with van der Waals surface area (Å²) in [5.41, 5.74) is 1.24. The molecule has 1 aliphatic heterocycles. The van der Waals surface area contributed by atoms with Crippen LogP contribution in [0.3, 0.4) is 0 Å². The van der Waals surface area contributed by atoms with Gasteiger partial charge in [0.25, 0.3) is 0 Å². The number of carbonyl (C=O) groups excluding carboxylic acids is 2. The highest BCUT2D eigenvalue weighted by Crippen LogP contribution is 2.35. The van der Waals surface area contributed by atoms with Crippen molar-refractivity contribution in [1.29, 1.82) is 0 Å². The van der Waals surface area contributed by atoms with Gasteiger partial charge in [0, 0.05) is 11.6 Å². The van der Waals surface area contributed by atoms with E-state index in [2.05, 4.69) is 0 Å². The topological polar surface area (TPSA) is 61.8 Å². The van der Waals surface area contributed by atoms with E-state index < -0.39 is 17.6 Å². The normalized spacial score (nSPS) is 13.6. The number of rotatable bonds is 6. The molecule has 1 aliphatic rings. The quantitative estimate of drug-likeness (QED) is 0.390. The first kappa shape index (κ1) is 20.6. The maximum Gasteiger partial charge on any atom is 0.344 e. The van der Waals surface area contributed by atoms with Crippen molar-refractivity contribution in [2.45, 2.75) is 6.61 Å². The van der Waals surface area contributed by atoms with Crippen molar-refractivity contribution in [1.82, 2.24) is 0 Å². The Hall–Kier alpha value is -3.64. The van der Waals surface area contributed by atoms with Crippen LogP contribution in [0.15, 0.2) is 72.5 Å². The van der Waals surface area contributed by atoms with Gasteiger partial charge in [0.1, 0.15) is 23.9 Å². The molecule has 1 heterocycles. The van der Waals surface area contributed by atoms with Gasteiger partial charge >= 0.3 is 5.97 Å². The summed E-state index contributed by atoms with van der Waals surface area (Å²) in [6, 6.07) is 18.1. The first-order chi connectivity index (χ1) is 15.0. The molecule has 0 atom stereocenters. The number of fused-ring (bicyclic) bond motifs is 1. The van der Waals surface area contributed by atoms with Crippen molar-refractivity contribution < 1.29 is 28.2 Å².